The molecule has 0 saturated carbocycles. The van der Waals surface area contributed by atoms with E-state index in [1.165, 1.54) is 6.07 Å². The van der Waals surface area contributed by atoms with E-state index in [2.05, 4.69) is 5.32 Å². The first-order chi connectivity index (χ1) is 11.7. The highest BCUT2D eigenvalue weighted by atomic mass is 32.3. The SMILES string of the molecule is O=C(O)NCC1CCc2cc(O)c(N3CC(=O)NS3(O)O)c(F)c2C1. The number of aryl methyl sites for hydroxylation is 1. The lowest BCUT2D eigenvalue weighted by atomic mass is 9.83. The monoisotopic (exact) mass is 375 g/mol. The van der Waals surface area contributed by atoms with Crippen molar-refractivity contribution >= 4 is 28.6 Å². The van der Waals surface area contributed by atoms with Crippen molar-refractivity contribution in [2.24, 2.45) is 5.92 Å². The molecular formula is C14H18FN3O6S. The van der Waals surface area contributed by atoms with Gasteiger partial charge in [-0.15, -0.1) is 0 Å². The van der Waals surface area contributed by atoms with Gasteiger partial charge in [0.15, 0.2) is 5.82 Å². The maximum atomic E-state index is 15.0. The van der Waals surface area contributed by atoms with E-state index in [-0.39, 0.29) is 24.4 Å². The van der Waals surface area contributed by atoms with E-state index in [1.807, 2.05) is 4.72 Å². The highest BCUT2D eigenvalue weighted by Gasteiger charge is 2.39. The lowest BCUT2D eigenvalue weighted by molar-refractivity contribution is -0.117. The van der Waals surface area contributed by atoms with Gasteiger partial charge < -0.3 is 15.5 Å². The van der Waals surface area contributed by atoms with Crippen LogP contribution in [0.15, 0.2) is 6.07 Å². The first kappa shape index (κ1) is 17.6. The highest BCUT2D eigenvalue weighted by Crippen LogP contribution is 2.51. The van der Waals surface area contributed by atoms with Crippen molar-refractivity contribution in [1.82, 2.24) is 10.0 Å². The molecule has 1 aliphatic heterocycles. The van der Waals surface area contributed by atoms with Crippen molar-refractivity contribution in [3.05, 3.63) is 23.0 Å². The van der Waals surface area contributed by atoms with Crippen LogP contribution in [0, 0.1) is 11.7 Å². The number of phenols is 1. The van der Waals surface area contributed by atoms with Gasteiger partial charge >= 0.3 is 6.09 Å². The molecule has 25 heavy (non-hydrogen) atoms. The Morgan fingerprint density at radius 3 is 2.80 bits per heavy atom. The summed E-state index contributed by atoms with van der Waals surface area (Å²) >= 11 is 0. The van der Waals surface area contributed by atoms with Crippen LogP contribution in [-0.2, 0) is 17.6 Å². The van der Waals surface area contributed by atoms with Crippen LogP contribution in [0.2, 0.25) is 0 Å². The fourth-order valence-electron chi connectivity index (χ4n) is 3.22. The van der Waals surface area contributed by atoms with Crippen molar-refractivity contribution in [2.75, 3.05) is 17.4 Å². The summed E-state index contributed by atoms with van der Waals surface area (Å²) in [5.41, 5.74) is 0.426. The molecule has 1 fully saturated rings. The van der Waals surface area contributed by atoms with Gasteiger partial charge in [-0.3, -0.25) is 13.9 Å². The number of hydrogen-bond donors (Lipinski definition) is 6. The Hall–Kier alpha value is -2.24. The van der Waals surface area contributed by atoms with Crippen LogP contribution >= 0.6 is 11.0 Å². The number of rotatable bonds is 3. The smallest absolute Gasteiger partial charge is 0.404 e. The molecule has 1 aliphatic carbocycles. The van der Waals surface area contributed by atoms with Crippen molar-refractivity contribution in [3.8, 4) is 5.75 Å². The number of aromatic hydroxyl groups is 1. The van der Waals surface area contributed by atoms with Gasteiger partial charge in [-0.25, -0.2) is 18.2 Å². The van der Waals surface area contributed by atoms with E-state index in [0.29, 0.717) is 18.4 Å². The number of halogens is 1. The Morgan fingerprint density at radius 1 is 1.48 bits per heavy atom. The Bertz CT molecular complexity index is 744. The molecule has 1 heterocycles. The maximum absolute atomic E-state index is 15.0. The molecule has 0 radical (unpaired) electrons. The number of fused-ring (bicyclic) bond motifs is 1. The minimum Gasteiger partial charge on any atom is -0.506 e. The number of anilines is 1. The largest absolute Gasteiger partial charge is 0.506 e. The molecule has 9 nitrogen and oxygen atoms in total. The molecule has 1 atom stereocenters. The third-order valence-corrected chi connectivity index (χ3v) is 5.79. The molecule has 2 amide bonds. The average Bonchev–Trinajstić information content (AvgIpc) is 2.78. The van der Waals surface area contributed by atoms with E-state index in [1.54, 1.807) is 0 Å². The molecule has 0 bridgehead atoms. The molecule has 1 aromatic rings. The van der Waals surface area contributed by atoms with Gasteiger partial charge in [0, 0.05) is 6.54 Å². The van der Waals surface area contributed by atoms with Crippen molar-refractivity contribution < 1.29 is 33.3 Å². The van der Waals surface area contributed by atoms with Gasteiger partial charge in [-0.05, 0) is 53.3 Å². The number of amides is 2. The maximum Gasteiger partial charge on any atom is 0.404 e. The Kier molecular flexibility index (Phi) is 4.39. The zero-order valence-electron chi connectivity index (χ0n) is 13.0. The van der Waals surface area contributed by atoms with Crippen molar-refractivity contribution in [1.29, 1.82) is 0 Å². The number of nitrogens with zero attached hydrogens (tertiary/aromatic N) is 1. The number of carboxylic acid groups (broad SMARTS) is 1. The van der Waals surface area contributed by atoms with Gasteiger partial charge in [0.05, 0.1) is 0 Å². The zero-order valence-corrected chi connectivity index (χ0v) is 13.8. The fourth-order valence-corrected chi connectivity index (χ4v) is 4.43. The molecule has 138 valence electrons. The fraction of sp³-hybridized carbons (Fsp3) is 0.429. The molecule has 3 rings (SSSR count). The van der Waals surface area contributed by atoms with Gasteiger partial charge in [0.25, 0.3) is 5.91 Å². The Morgan fingerprint density at radius 2 is 2.20 bits per heavy atom. The summed E-state index contributed by atoms with van der Waals surface area (Å²) in [6.07, 6.45) is 0.167. The zero-order chi connectivity index (χ0) is 18.4. The Balaban J connectivity index is 1.94. The number of nitrogens with one attached hydrogen (secondary N) is 2. The second-order valence-corrected chi connectivity index (χ2v) is 7.75. The minimum atomic E-state index is -3.75. The minimum absolute atomic E-state index is 0.116. The summed E-state index contributed by atoms with van der Waals surface area (Å²) in [4.78, 5) is 22.0. The summed E-state index contributed by atoms with van der Waals surface area (Å²) < 4.78 is 37.5. The van der Waals surface area contributed by atoms with Gasteiger partial charge in [0.1, 0.15) is 18.0 Å². The third-order valence-electron chi connectivity index (χ3n) is 4.37. The molecular weight excluding hydrogens is 357 g/mol. The Labute approximate surface area is 144 Å². The number of benzene rings is 1. The third kappa shape index (κ3) is 3.30. The number of phenolic OH excluding ortho intramolecular Hbond substituents is 1. The van der Waals surface area contributed by atoms with Crippen LogP contribution in [0.25, 0.3) is 0 Å². The average molecular weight is 375 g/mol. The molecule has 1 saturated heterocycles. The summed E-state index contributed by atoms with van der Waals surface area (Å²) in [6.45, 7) is -0.320. The van der Waals surface area contributed by atoms with Gasteiger partial charge in [-0.2, -0.15) is 0 Å². The normalized spacial score (nSPS) is 22.9. The first-order valence-electron chi connectivity index (χ1n) is 7.55. The van der Waals surface area contributed by atoms with Gasteiger partial charge in [0.2, 0.25) is 0 Å². The number of hydrogen-bond acceptors (Lipinski definition) is 6. The first-order valence-corrected chi connectivity index (χ1v) is 9.06. The van der Waals surface area contributed by atoms with Gasteiger partial charge in [-0.1, -0.05) is 0 Å². The summed E-state index contributed by atoms with van der Waals surface area (Å²) in [6, 6.07) is 1.35. The van der Waals surface area contributed by atoms with Crippen LogP contribution in [0.1, 0.15) is 17.5 Å². The highest BCUT2D eigenvalue weighted by molar-refractivity contribution is 8.24. The summed E-state index contributed by atoms with van der Waals surface area (Å²) in [7, 11) is -3.75. The van der Waals surface area contributed by atoms with Crippen LogP contribution in [0.3, 0.4) is 0 Å². The topological polar surface area (TPSA) is 142 Å². The van der Waals surface area contributed by atoms with Crippen LogP contribution in [-0.4, -0.2) is 44.4 Å². The predicted octanol–water partition coefficient (Wildman–Crippen LogP) is 1.42. The van der Waals surface area contributed by atoms with E-state index in [9.17, 15) is 23.8 Å². The standard InChI is InChI=1S/C14H18FN3O6S/c15-12-9-3-7(5-16-14(21)22)1-2-8(9)4-10(19)13(12)18-6-11(20)17-25(18,23)24/h4,7,16,19,23-24H,1-3,5-6H2,(H,17,20)(H,21,22). The van der Waals surface area contributed by atoms with Crippen LogP contribution in [0.5, 0.6) is 5.75 Å². The molecule has 0 aromatic heterocycles. The molecule has 11 heteroatoms. The lowest BCUT2D eigenvalue weighted by Crippen LogP contribution is -2.32. The predicted molar refractivity (Wildman–Crippen MR) is 87.9 cm³/mol. The van der Waals surface area contributed by atoms with Crippen LogP contribution < -0.4 is 14.3 Å². The number of carbonyl (C=O) groups excluding carboxylic acids is 1. The summed E-state index contributed by atoms with van der Waals surface area (Å²) in [5.74, 6) is -2.12. The molecule has 2 aliphatic rings. The number of carbonyl (C=O) groups is 2. The molecule has 0 spiro atoms. The quantitative estimate of drug-likeness (QED) is 0.469. The van der Waals surface area contributed by atoms with E-state index >= 15 is 4.39 Å². The van der Waals surface area contributed by atoms with E-state index < -0.39 is 46.8 Å². The van der Waals surface area contributed by atoms with Crippen LogP contribution in [0.4, 0.5) is 14.9 Å². The van der Waals surface area contributed by atoms with E-state index in [4.69, 9.17) is 5.11 Å². The molecule has 1 aromatic carbocycles. The molecule has 6 N–H and O–H groups in total. The van der Waals surface area contributed by atoms with E-state index in [0.717, 1.165) is 4.31 Å². The summed E-state index contributed by atoms with van der Waals surface area (Å²) in [5, 5.41) is 21.1. The molecule has 1 unspecified atom stereocenters. The second kappa shape index (κ2) is 6.24. The lowest BCUT2D eigenvalue weighted by Gasteiger charge is -2.37. The van der Waals surface area contributed by atoms with Crippen molar-refractivity contribution in [3.63, 3.8) is 0 Å². The second-order valence-electron chi connectivity index (χ2n) is 6.07. The van der Waals surface area contributed by atoms with Crippen molar-refractivity contribution in [2.45, 2.75) is 19.3 Å².